The third-order valence-corrected chi connectivity index (χ3v) is 4.52. The van der Waals surface area contributed by atoms with Gasteiger partial charge in [-0.2, -0.15) is 5.26 Å². The normalized spacial score (nSPS) is 10.9. The molecular weight excluding hydrogens is 380 g/mol. The number of aromatic nitrogens is 2. The number of ether oxygens (including phenoxy) is 1. The highest BCUT2D eigenvalue weighted by atomic mass is 35.5. The molecule has 3 aromatic rings. The number of halogens is 1. The fraction of sp³-hybridized carbons (Fsp3) is 0.250. The number of fused-ring (bicyclic) bond motifs is 1. The van der Waals surface area contributed by atoms with Gasteiger partial charge in [0.05, 0.1) is 16.6 Å². The first-order valence-corrected chi connectivity index (χ1v) is 9.04. The van der Waals surface area contributed by atoms with Gasteiger partial charge in [-0.15, -0.1) is 0 Å². The average Bonchev–Trinajstić information content (AvgIpc) is 2.64. The summed E-state index contributed by atoms with van der Waals surface area (Å²) in [5.74, 6) is 0.506. The Labute approximate surface area is 166 Å². The number of hydrogen-bond donors (Lipinski definition) is 2. The second kappa shape index (κ2) is 7.79. The lowest BCUT2D eigenvalue weighted by Gasteiger charge is -2.13. The van der Waals surface area contributed by atoms with Crippen LogP contribution >= 0.6 is 11.6 Å². The molecule has 0 saturated heterocycles. The molecule has 0 fully saturated rings. The molecule has 0 atom stereocenters. The molecule has 0 spiro atoms. The number of nitrogens with zero attached hydrogens (tertiary/aromatic N) is 2. The van der Waals surface area contributed by atoms with Crippen molar-refractivity contribution in [1.29, 1.82) is 5.26 Å². The van der Waals surface area contributed by atoms with E-state index in [1.807, 2.05) is 19.9 Å². The van der Waals surface area contributed by atoms with E-state index in [-0.39, 0.29) is 29.5 Å². The van der Waals surface area contributed by atoms with E-state index in [0.717, 1.165) is 5.39 Å². The number of hydrogen-bond acceptors (Lipinski definition) is 5. The van der Waals surface area contributed by atoms with Crippen LogP contribution in [0, 0.1) is 11.3 Å². The van der Waals surface area contributed by atoms with Crippen molar-refractivity contribution in [2.75, 3.05) is 5.32 Å². The van der Waals surface area contributed by atoms with Crippen LogP contribution in [-0.2, 0) is 13.6 Å². The highest BCUT2D eigenvalue weighted by Gasteiger charge is 2.11. The Bertz CT molecular complexity index is 1210. The summed E-state index contributed by atoms with van der Waals surface area (Å²) in [4.78, 5) is 27.5. The SMILES string of the molecule is CC(C)Oc1cc2[nH]c(=O)c(CNc3ccc(C#N)n(C)c3=O)cc2cc1Cl. The lowest BCUT2D eigenvalue weighted by atomic mass is 10.1. The van der Waals surface area contributed by atoms with Crippen LogP contribution in [0.15, 0.2) is 39.9 Å². The number of nitriles is 1. The quantitative estimate of drug-likeness (QED) is 0.687. The largest absolute Gasteiger partial charge is 0.489 e. The summed E-state index contributed by atoms with van der Waals surface area (Å²) in [6, 6.07) is 10.2. The number of pyridine rings is 2. The zero-order valence-corrected chi connectivity index (χ0v) is 16.4. The molecule has 0 saturated carbocycles. The van der Waals surface area contributed by atoms with Gasteiger partial charge in [0.25, 0.3) is 11.1 Å². The van der Waals surface area contributed by atoms with Crippen molar-refractivity contribution < 1.29 is 4.74 Å². The Kier molecular flexibility index (Phi) is 5.43. The first-order chi connectivity index (χ1) is 13.3. The second-order valence-electron chi connectivity index (χ2n) is 6.62. The average molecular weight is 399 g/mol. The Morgan fingerprint density at radius 3 is 2.71 bits per heavy atom. The number of aromatic amines is 1. The smallest absolute Gasteiger partial charge is 0.274 e. The van der Waals surface area contributed by atoms with Crippen LogP contribution in [0.3, 0.4) is 0 Å². The Morgan fingerprint density at radius 1 is 1.29 bits per heavy atom. The van der Waals surface area contributed by atoms with Crippen LogP contribution in [0.1, 0.15) is 25.1 Å². The number of anilines is 1. The number of nitrogens with one attached hydrogen (secondary N) is 2. The molecule has 0 aliphatic heterocycles. The minimum absolute atomic E-state index is 0.0415. The van der Waals surface area contributed by atoms with Crippen LogP contribution in [0.2, 0.25) is 5.02 Å². The minimum Gasteiger partial charge on any atom is -0.489 e. The van der Waals surface area contributed by atoms with Gasteiger partial charge < -0.3 is 19.6 Å². The van der Waals surface area contributed by atoms with Gasteiger partial charge in [-0.05, 0) is 38.1 Å². The maximum Gasteiger partial charge on any atom is 0.274 e. The minimum atomic E-state index is -0.338. The number of benzene rings is 1. The van der Waals surface area contributed by atoms with Crippen molar-refractivity contribution in [3.8, 4) is 11.8 Å². The van der Waals surface area contributed by atoms with Crippen molar-refractivity contribution in [3.63, 3.8) is 0 Å². The predicted molar refractivity (Wildman–Crippen MR) is 109 cm³/mol. The van der Waals surface area contributed by atoms with Gasteiger partial charge in [0.1, 0.15) is 23.2 Å². The van der Waals surface area contributed by atoms with Crippen LogP contribution in [-0.4, -0.2) is 15.7 Å². The first kappa shape index (κ1) is 19.5. The molecule has 0 unspecified atom stereocenters. The third-order valence-electron chi connectivity index (χ3n) is 4.22. The summed E-state index contributed by atoms with van der Waals surface area (Å²) in [5, 5.41) is 13.1. The van der Waals surface area contributed by atoms with Crippen molar-refractivity contribution in [3.05, 3.63) is 67.3 Å². The molecule has 8 heteroatoms. The molecule has 2 heterocycles. The van der Waals surface area contributed by atoms with E-state index >= 15 is 0 Å². The van der Waals surface area contributed by atoms with Gasteiger partial charge in [-0.3, -0.25) is 9.59 Å². The van der Waals surface area contributed by atoms with E-state index < -0.39 is 0 Å². The van der Waals surface area contributed by atoms with E-state index in [1.54, 1.807) is 24.3 Å². The van der Waals surface area contributed by atoms with Crippen LogP contribution in [0.25, 0.3) is 10.9 Å². The van der Waals surface area contributed by atoms with E-state index in [9.17, 15) is 9.59 Å². The molecular formula is C20H19ClN4O3. The highest BCUT2D eigenvalue weighted by Crippen LogP contribution is 2.30. The summed E-state index contributed by atoms with van der Waals surface area (Å²) in [6.45, 7) is 3.94. The standard InChI is InChI=1S/C20H19ClN4O3/c1-11(2)28-18-8-17-12(7-15(18)21)6-13(19(26)24-17)10-23-16-5-4-14(9-22)25(3)20(16)27/h4-8,11,23H,10H2,1-3H3,(H,24,26). The zero-order valence-electron chi connectivity index (χ0n) is 15.7. The fourth-order valence-corrected chi connectivity index (χ4v) is 3.02. The number of H-pyrrole nitrogens is 1. The van der Waals surface area contributed by atoms with Crippen molar-refractivity contribution in [2.45, 2.75) is 26.5 Å². The molecule has 0 aliphatic carbocycles. The van der Waals surface area contributed by atoms with Crippen LogP contribution in [0.5, 0.6) is 5.75 Å². The molecule has 0 bridgehead atoms. The van der Waals surface area contributed by atoms with Gasteiger partial charge in [-0.1, -0.05) is 11.6 Å². The molecule has 144 valence electrons. The lowest BCUT2D eigenvalue weighted by Crippen LogP contribution is -2.24. The monoisotopic (exact) mass is 398 g/mol. The van der Waals surface area contributed by atoms with Gasteiger partial charge >= 0.3 is 0 Å². The summed E-state index contributed by atoms with van der Waals surface area (Å²) in [6.07, 6.45) is -0.0415. The number of rotatable bonds is 5. The van der Waals surface area contributed by atoms with Gasteiger partial charge in [0.2, 0.25) is 0 Å². The van der Waals surface area contributed by atoms with E-state index in [1.165, 1.54) is 17.7 Å². The van der Waals surface area contributed by atoms with Crippen molar-refractivity contribution in [2.24, 2.45) is 7.05 Å². The molecule has 0 radical (unpaired) electrons. The van der Waals surface area contributed by atoms with E-state index in [2.05, 4.69) is 10.3 Å². The van der Waals surface area contributed by atoms with E-state index in [4.69, 9.17) is 21.6 Å². The predicted octanol–water partition coefficient (Wildman–Crippen LogP) is 3.15. The highest BCUT2D eigenvalue weighted by molar-refractivity contribution is 6.32. The fourth-order valence-electron chi connectivity index (χ4n) is 2.80. The van der Waals surface area contributed by atoms with Crippen LogP contribution in [0.4, 0.5) is 5.69 Å². The van der Waals surface area contributed by atoms with Crippen LogP contribution < -0.4 is 21.2 Å². The summed E-state index contributed by atoms with van der Waals surface area (Å²) in [7, 11) is 1.52. The topological polar surface area (TPSA) is 99.9 Å². The zero-order chi connectivity index (χ0) is 20.4. The molecule has 0 amide bonds. The summed E-state index contributed by atoms with van der Waals surface area (Å²) >= 11 is 6.28. The van der Waals surface area contributed by atoms with Gasteiger partial charge in [0, 0.05) is 30.6 Å². The summed E-state index contributed by atoms with van der Waals surface area (Å²) in [5.41, 5.74) is 1.02. The molecule has 0 aliphatic rings. The maximum atomic E-state index is 12.4. The second-order valence-corrected chi connectivity index (χ2v) is 7.03. The first-order valence-electron chi connectivity index (χ1n) is 8.66. The van der Waals surface area contributed by atoms with Crippen molar-refractivity contribution >= 4 is 28.2 Å². The third kappa shape index (κ3) is 3.87. The molecule has 3 rings (SSSR count). The molecule has 28 heavy (non-hydrogen) atoms. The Morgan fingerprint density at radius 2 is 2.04 bits per heavy atom. The molecule has 7 nitrogen and oxygen atoms in total. The van der Waals surface area contributed by atoms with Gasteiger partial charge in [-0.25, -0.2) is 0 Å². The molecule has 2 N–H and O–H groups in total. The maximum absolute atomic E-state index is 12.4. The lowest BCUT2D eigenvalue weighted by molar-refractivity contribution is 0.243. The molecule has 2 aromatic heterocycles. The van der Waals surface area contributed by atoms with Crippen molar-refractivity contribution in [1.82, 2.24) is 9.55 Å². The molecule has 1 aromatic carbocycles. The Hall–Kier alpha value is -3.24. The van der Waals surface area contributed by atoms with Gasteiger partial charge in [0.15, 0.2) is 0 Å². The Balaban J connectivity index is 1.91. The summed E-state index contributed by atoms with van der Waals surface area (Å²) < 4.78 is 6.90. The van der Waals surface area contributed by atoms with E-state index in [0.29, 0.717) is 27.5 Å².